The average molecular weight is 341 g/mol. The van der Waals surface area contributed by atoms with Crippen molar-refractivity contribution in [3.8, 4) is 0 Å². The quantitative estimate of drug-likeness (QED) is 0.891. The maximum atomic E-state index is 12.2. The van der Waals surface area contributed by atoms with Gasteiger partial charge in [-0.05, 0) is 34.1 Å². The molecule has 0 spiro atoms. The molecule has 0 unspecified atom stereocenters. The highest BCUT2D eigenvalue weighted by molar-refractivity contribution is 9.10. The zero-order chi connectivity index (χ0) is 13.8. The molecule has 0 radical (unpaired) electrons. The topological polar surface area (TPSA) is 49.3 Å². The van der Waals surface area contributed by atoms with E-state index in [1.165, 1.54) is 0 Å². The average Bonchev–Trinajstić information content (AvgIpc) is 2.42. The highest BCUT2D eigenvalue weighted by Gasteiger charge is 2.13. The zero-order valence-corrected chi connectivity index (χ0v) is 12.2. The van der Waals surface area contributed by atoms with Crippen molar-refractivity contribution < 1.29 is 9.90 Å². The van der Waals surface area contributed by atoms with E-state index in [2.05, 4.69) is 21.2 Å². The summed E-state index contributed by atoms with van der Waals surface area (Å²) < 4.78 is 0.664. The Kier molecular flexibility index (Phi) is 4.58. The van der Waals surface area contributed by atoms with Crippen molar-refractivity contribution in [2.75, 3.05) is 5.32 Å². The Bertz CT molecular complexity index is 616. The van der Waals surface area contributed by atoms with Gasteiger partial charge in [0.25, 0.3) is 5.91 Å². The number of para-hydroxylation sites is 1. The lowest BCUT2D eigenvalue weighted by molar-refractivity contribution is 0.102. The summed E-state index contributed by atoms with van der Waals surface area (Å²) in [5.74, 6) is -0.313. The van der Waals surface area contributed by atoms with Crippen molar-refractivity contribution in [1.82, 2.24) is 0 Å². The number of halogens is 2. The molecule has 0 aliphatic rings. The first-order chi connectivity index (χ1) is 9.13. The van der Waals surface area contributed by atoms with E-state index in [0.29, 0.717) is 26.3 Å². The summed E-state index contributed by atoms with van der Waals surface area (Å²) >= 11 is 9.35. The predicted octanol–water partition coefficient (Wildman–Crippen LogP) is 3.85. The van der Waals surface area contributed by atoms with Crippen molar-refractivity contribution in [3.63, 3.8) is 0 Å². The van der Waals surface area contributed by atoms with Gasteiger partial charge in [0.15, 0.2) is 0 Å². The number of anilines is 1. The minimum atomic E-state index is -0.313. The lowest BCUT2D eigenvalue weighted by Crippen LogP contribution is -2.14. The van der Waals surface area contributed by atoms with E-state index in [4.69, 9.17) is 11.6 Å². The maximum Gasteiger partial charge on any atom is 0.257 e. The van der Waals surface area contributed by atoms with Crippen molar-refractivity contribution in [1.29, 1.82) is 0 Å². The molecular formula is C14H11BrClNO2. The summed E-state index contributed by atoms with van der Waals surface area (Å²) in [6, 6.07) is 12.2. The molecule has 19 heavy (non-hydrogen) atoms. The van der Waals surface area contributed by atoms with Crippen LogP contribution in [0.15, 0.2) is 46.9 Å². The van der Waals surface area contributed by atoms with E-state index < -0.39 is 0 Å². The molecule has 2 rings (SSSR count). The van der Waals surface area contributed by atoms with E-state index >= 15 is 0 Å². The highest BCUT2D eigenvalue weighted by atomic mass is 79.9. The van der Waals surface area contributed by atoms with Gasteiger partial charge in [0.05, 0.1) is 17.2 Å². The molecule has 0 atom stereocenters. The van der Waals surface area contributed by atoms with Crippen LogP contribution in [0.4, 0.5) is 5.69 Å². The minimum absolute atomic E-state index is 0.136. The molecule has 0 saturated carbocycles. The molecule has 0 bridgehead atoms. The molecule has 0 aliphatic heterocycles. The van der Waals surface area contributed by atoms with Gasteiger partial charge in [0, 0.05) is 15.7 Å². The number of benzene rings is 2. The van der Waals surface area contributed by atoms with Crippen LogP contribution in [-0.4, -0.2) is 11.0 Å². The number of rotatable bonds is 3. The summed E-state index contributed by atoms with van der Waals surface area (Å²) in [6.45, 7) is -0.136. The lowest BCUT2D eigenvalue weighted by Gasteiger charge is -2.10. The summed E-state index contributed by atoms with van der Waals surface area (Å²) in [5.41, 5.74) is 1.61. The largest absolute Gasteiger partial charge is 0.392 e. The van der Waals surface area contributed by atoms with Crippen molar-refractivity contribution >= 4 is 39.1 Å². The van der Waals surface area contributed by atoms with Crippen LogP contribution in [0.3, 0.4) is 0 Å². The second-order valence-corrected chi connectivity index (χ2v) is 5.10. The Morgan fingerprint density at radius 1 is 1.21 bits per heavy atom. The van der Waals surface area contributed by atoms with Crippen molar-refractivity contribution in [2.24, 2.45) is 0 Å². The highest BCUT2D eigenvalue weighted by Crippen LogP contribution is 2.27. The molecule has 1 amide bonds. The smallest absolute Gasteiger partial charge is 0.257 e. The maximum absolute atomic E-state index is 12.2. The molecule has 98 valence electrons. The number of carbonyl (C=O) groups is 1. The molecule has 0 fully saturated rings. The van der Waals surface area contributed by atoms with Gasteiger partial charge in [-0.2, -0.15) is 0 Å². The summed E-state index contributed by atoms with van der Waals surface area (Å²) in [4.78, 5) is 12.2. The van der Waals surface area contributed by atoms with Crippen molar-refractivity contribution in [3.05, 3.63) is 63.1 Å². The Hall–Kier alpha value is -1.36. The number of nitrogens with one attached hydrogen (secondary N) is 1. The van der Waals surface area contributed by atoms with Crippen LogP contribution in [0.1, 0.15) is 15.9 Å². The third-order valence-corrected chi connectivity index (χ3v) is 3.93. The number of hydrogen-bond acceptors (Lipinski definition) is 2. The predicted molar refractivity (Wildman–Crippen MR) is 79.5 cm³/mol. The monoisotopic (exact) mass is 339 g/mol. The van der Waals surface area contributed by atoms with Gasteiger partial charge in [-0.1, -0.05) is 35.9 Å². The van der Waals surface area contributed by atoms with E-state index in [0.717, 1.165) is 0 Å². The molecular weight excluding hydrogens is 330 g/mol. The fourth-order valence-electron chi connectivity index (χ4n) is 1.65. The van der Waals surface area contributed by atoms with E-state index in [-0.39, 0.29) is 12.5 Å². The first kappa shape index (κ1) is 14.1. The van der Waals surface area contributed by atoms with Crippen LogP contribution in [0.2, 0.25) is 5.02 Å². The second-order valence-electron chi connectivity index (χ2n) is 3.87. The van der Waals surface area contributed by atoms with Crippen LogP contribution < -0.4 is 5.32 Å². The van der Waals surface area contributed by atoms with Gasteiger partial charge >= 0.3 is 0 Å². The van der Waals surface area contributed by atoms with Gasteiger partial charge in [-0.25, -0.2) is 0 Å². The fourth-order valence-corrected chi connectivity index (χ4v) is 2.23. The van der Waals surface area contributed by atoms with Gasteiger partial charge in [0.1, 0.15) is 0 Å². The molecule has 5 heteroatoms. The molecule has 2 aromatic rings. The van der Waals surface area contributed by atoms with E-state index in [9.17, 15) is 9.90 Å². The normalized spacial score (nSPS) is 10.3. The summed E-state index contributed by atoms with van der Waals surface area (Å²) in [6.07, 6.45) is 0. The standard InChI is InChI=1S/C14H11BrClNO2/c15-11-6-3-5-10(13(11)16)14(19)17-12-7-2-1-4-9(12)8-18/h1-7,18H,8H2,(H,17,19). The van der Waals surface area contributed by atoms with Crippen molar-refractivity contribution in [2.45, 2.75) is 6.61 Å². The van der Waals surface area contributed by atoms with E-state index in [1.54, 1.807) is 42.5 Å². The Balaban J connectivity index is 2.28. The van der Waals surface area contributed by atoms with Crippen LogP contribution in [0, 0.1) is 0 Å². The van der Waals surface area contributed by atoms with Gasteiger partial charge in [0.2, 0.25) is 0 Å². The Morgan fingerprint density at radius 2 is 1.95 bits per heavy atom. The molecule has 3 nitrogen and oxygen atoms in total. The molecule has 2 N–H and O–H groups in total. The molecule has 0 aliphatic carbocycles. The van der Waals surface area contributed by atoms with Crippen LogP contribution in [0.25, 0.3) is 0 Å². The molecule has 0 saturated heterocycles. The van der Waals surface area contributed by atoms with E-state index in [1.807, 2.05) is 0 Å². The second kappa shape index (κ2) is 6.19. The van der Waals surface area contributed by atoms with Crippen LogP contribution in [0.5, 0.6) is 0 Å². The zero-order valence-electron chi connectivity index (χ0n) is 9.86. The SMILES string of the molecule is O=C(Nc1ccccc1CO)c1cccc(Br)c1Cl. The van der Waals surface area contributed by atoms with Crippen LogP contribution >= 0.6 is 27.5 Å². The minimum Gasteiger partial charge on any atom is -0.392 e. The summed E-state index contributed by atoms with van der Waals surface area (Å²) in [7, 11) is 0. The third kappa shape index (κ3) is 3.15. The summed E-state index contributed by atoms with van der Waals surface area (Å²) in [5, 5.41) is 12.3. The number of aliphatic hydroxyl groups excluding tert-OH is 1. The number of aliphatic hydroxyl groups is 1. The molecule has 0 heterocycles. The van der Waals surface area contributed by atoms with Gasteiger partial charge in [-0.3, -0.25) is 4.79 Å². The lowest BCUT2D eigenvalue weighted by atomic mass is 10.1. The molecule has 0 aromatic heterocycles. The third-order valence-electron chi connectivity index (χ3n) is 2.63. The van der Waals surface area contributed by atoms with Gasteiger partial charge in [-0.15, -0.1) is 0 Å². The fraction of sp³-hybridized carbons (Fsp3) is 0.0714. The number of carbonyl (C=O) groups excluding carboxylic acids is 1. The Labute approximate surface area is 124 Å². The van der Waals surface area contributed by atoms with Gasteiger partial charge < -0.3 is 10.4 Å². The Morgan fingerprint density at radius 3 is 2.68 bits per heavy atom. The molecule has 2 aromatic carbocycles. The first-order valence-electron chi connectivity index (χ1n) is 5.57. The van der Waals surface area contributed by atoms with Crippen LogP contribution in [-0.2, 0) is 6.61 Å². The number of hydrogen-bond donors (Lipinski definition) is 2. The number of amides is 1. The first-order valence-corrected chi connectivity index (χ1v) is 6.74.